The number of hydrogen-bond donors (Lipinski definition) is 1. The summed E-state index contributed by atoms with van der Waals surface area (Å²) in [7, 11) is 0. The van der Waals surface area contributed by atoms with Crippen LogP contribution in [0, 0.1) is 19.3 Å². The van der Waals surface area contributed by atoms with E-state index in [9.17, 15) is 10.2 Å². The molecule has 0 spiro atoms. The van der Waals surface area contributed by atoms with Gasteiger partial charge >= 0.3 is 0 Å². The molecule has 1 saturated heterocycles. The number of hydrogen-bond acceptors (Lipinski definition) is 2. The van der Waals surface area contributed by atoms with E-state index in [0.29, 0.717) is 18.6 Å². The van der Waals surface area contributed by atoms with E-state index in [2.05, 4.69) is 68.4 Å². The monoisotopic (exact) mass is 466 g/mol. The van der Waals surface area contributed by atoms with E-state index in [1.807, 2.05) is 32.2 Å². The maximum Gasteiger partial charge on any atom is 0.246 e. The van der Waals surface area contributed by atoms with Crippen molar-refractivity contribution in [3.8, 4) is 0 Å². The van der Waals surface area contributed by atoms with Gasteiger partial charge in [0.25, 0.3) is 0 Å². The lowest BCUT2D eigenvalue weighted by atomic mass is 10.0. The zero-order valence-electron chi connectivity index (χ0n) is 20.7. The summed E-state index contributed by atoms with van der Waals surface area (Å²) in [6, 6.07) is 24.6. The minimum atomic E-state index is -0.451. The molecule has 5 heteroatoms. The van der Waals surface area contributed by atoms with Crippen molar-refractivity contribution in [3.05, 3.63) is 101 Å². The molecule has 3 aromatic carbocycles. The van der Waals surface area contributed by atoms with Gasteiger partial charge in [0.1, 0.15) is 6.04 Å². The van der Waals surface area contributed by atoms with Crippen LogP contribution in [0.2, 0.25) is 0 Å². The summed E-state index contributed by atoms with van der Waals surface area (Å²) in [6.07, 6.45) is 3.86. The van der Waals surface area contributed by atoms with Crippen LogP contribution in [0.1, 0.15) is 47.6 Å². The van der Waals surface area contributed by atoms with Crippen LogP contribution in [-0.4, -0.2) is 33.0 Å². The molecule has 1 fully saturated rings. The Hall–Kier alpha value is -3.60. The fourth-order valence-corrected chi connectivity index (χ4v) is 5.17. The van der Waals surface area contributed by atoms with Gasteiger partial charge in [-0.15, -0.1) is 0 Å². The van der Waals surface area contributed by atoms with Gasteiger partial charge < -0.3 is 9.47 Å². The molecule has 5 nitrogen and oxygen atoms in total. The van der Waals surface area contributed by atoms with Crippen molar-refractivity contribution in [2.75, 3.05) is 13.1 Å². The number of fused-ring (bicyclic) bond motifs is 1. The Morgan fingerprint density at radius 1 is 0.800 bits per heavy atom. The number of imidazole rings is 1. The first kappa shape index (κ1) is 23.2. The number of nitrogens with zero attached hydrogens (tertiary/aromatic N) is 3. The first-order chi connectivity index (χ1) is 17.0. The molecule has 2 heterocycles. The number of amides is 1. The quantitative estimate of drug-likeness (QED) is 0.407. The molecule has 1 aromatic heterocycles. The van der Waals surface area contributed by atoms with Gasteiger partial charge in [0.15, 0.2) is 0 Å². The first-order valence-corrected chi connectivity index (χ1v) is 12.7. The molecule has 0 aliphatic carbocycles. The highest BCUT2D eigenvalue weighted by molar-refractivity contribution is 5.84. The molecule has 0 bridgehead atoms. The summed E-state index contributed by atoms with van der Waals surface area (Å²) < 4.78 is 4.01. The minimum absolute atomic E-state index is 0.127. The van der Waals surface area contributed by atoms with Gasteiger partial charge in [-0.25, -0.2) is 0 Å². The lowest BCUT2D eigenvalue weighted by Gasteiger charge is -2.31. The number of aromatic nitrogens is 2. The maximum absolute atomic E-state index is 14.0. The van der Waals surface area contributed by atoms with Crippen LogP contribution in [0.4, 0.5) is 0 Å². The van der Waals surface area contributed by atoms with Crippen LogP contribution in [0.25, 0.3) is 11.0 Å². The van der Waals surface area contributed by atoms with E-state index in [1.165, 1.54) is 17.5 Å². The minimum Gasteiger partial charge on any atom is -0.341 e. The van der Waals surface area contributed by atoms with Crippen molar-refractivity contribution < 1.29 is 4.79 Å². The maximum atomic E-state index is 14.0. The highest BCUT2D eigenvalue weighted by Crippen LogP contribution is 2.25. The fourth-order valence-electron chi connectivity index (χ4n) is 5.17. The number of likely N-dealkylation sites (tertiary alicyclic amines) is 1. The van der Waals surface area contributed by atoms with Crippen LogP contribution < -0.4 is 5.62 Å². The van der Waals surface area contributed by atoms with Gasteiger partial charge in [-0.1, -0.05) is 71.8 Å². The Bertz CT molecular complexity index is 1370. The molecule has 0 radical (unpaired) electrons. The van der Waals surface area contributed by atoms with Crippen molar-refractivity contribution in [1.29, 1.82) is 5.41 Å². The third-order valence-electron chi connectivity index (χ3n) is 7.19. The Labute approximate surface area is 207 Å². The molecule has 1 N–H and O–H groups in total. The van der Waals surface area contributed by atoms with Crippen molar-refractivity contribution in [3.63, 3.8) is 0 Å². The zero-order valence-corrected chi connectivity index (χ0v) is 20.7. The van der Waals surface area contributed by atoms with E-state index in [-0.39, 0.29) is 5.91 Å². The number of nitrogens with one attached hydrogen (secondary N) is 1. The molecular weight excluding hydrogens is 432 g/mol. The fraction of sp³-hybridized carbons (Fsp3) is 0.333. The highest BCUT2D eigenvalue weighted by atomic mass is 16.2. The molecule has 180 valence electrons. The Balaban J connectivity index is 1.61. The standard InChI is InChI=1S/C30H34N4O/c1-22-10-14-24(15-11-22)20-28(29(35)32-18-6-3-7-19-32)34-27-9-5-4-8-26(27)33(30(34)31)21-25-16-12-23(2)13-17-25/h4-5,8-17,28,31H,3,6-7,18-21H2,1-2H3/t28-/m0/s1. The van der Waals surface area contributed by atoms with Crippen LogP contribution >= 0.6 is 0 Å². The molecule has 35 heavy (non-hydrogen) atoms. The van der Waals surface area contributed by atoms with Gasteiger partial charge in [-0.05, 0) is 56.4 Å². The number of para-hydroxylation sites is 2. The molecule has 1 aliphatic rings. The lowest BCUT2D eigenvalue weighted by Crippen LogP contribution is -2.43. The summed E-state index contributed by atoms with van der Waals surface area (Å²) >= 11 is 0. The average Bonchev–Trinajstić information content (AvgIpc) is 3.16. The molecule has 1 aliphatic heterocycles. The number of benzene rings is 3. The van der Waals surface area contributed by atoms with Crippen molar-refractivity contribution in [2.45, 2.75) is 52.1 Å². The number of carbonyl (C=O) groups is 1. The first-order valence-electron chi connectivity index (χ1n) is 12.7. The average molecular weight is 467 g/mol. The van der Waals surface area contributed by atoms with E-state index in [4.69, 9.17) is 0 Å². The predicted octanol–water partition coefficient (Wildman–Crippen LogP) is 5.38. The molecule has 0 saturated carbocycles. The van der Waals surface area contributed by atoms with E-state index >= 15 is 0 Å². The Morgan fingerprint density at radius 2 is 1.37 bits per heavy atom. The smallest absolute Gasteiger partial charge is 0.246 e. The topological polar surface area (TPSA) is 54.0 Å². The number of carbonyl (C=O) groups excluding carboxylic acids is 1. The normalized spacial score (nSPS) is 14.9. The van der Waals surface area contributed by atoms with Crippen molar-refractivity contribution in [2.24, 2.45) is 0 Å². The summed E-state index contributed by atoms with van der Waals surface area (Å²) in [4.78, 5) is 16.0. The van der Waals surface area contributed by atoms with Gasteiger partial charge in [-0.2, -0.15) is 0 Å². The number of rotatable bonds is 6. The predicted molar refractivity (Wildman–Crippen MR) is 140 cm³/mol. The molecule has 1 amide bonds. The zero-order chi connectivity index (χ0) is 24.4. The number of piperidine rings is 1. The van der Waals surface area contributed by atoms with Crippen molar-refractivity contribution >= 4 is 16.9 Å². The molecule has 5 rings (SSSR count). The second kappa shape index (κ2) is 9.95. The second-order valence-corrected chi connectivity index (χ2v) is 9.85. The Kier molecular flexibility index (Phi) is 6.58. The van der Waals surface area contributed by atoms with Gasteiger partial charge in [0.05, 0.1) is 17.6 Å². The van der Waals surface area contributed by atoms with Gasteiger partial charge in [-0.3, -0.25) is 14.8 Å². The van der Waals surface area contributed by atoms with Crippen LogP contribution in [0.15, 0.2) is 72.8 Å². The summed E-state index contributed by atoms with van der Waals surface area (Å²) in [6.45, 7) is 6.37. The highest BCUT2D eigenvalue weighted by Gasteiger charge is 2.30. The summed E-state index contributed by atoms with van der Waals surface area (Å²) in [5.74, 6) is 0.127. The second-order valence-electron chi connectivity index (χ2n) is 9.85. The summed E-state index contributed by atoms with van der Waals surface area (Å²) in [5, 5.41) is 9.26. The summed E-state index contributed by atoms with van der Waals surface area (Å²) in [5.41, 5.74) is 6.98. The van der Waals surface area contributed by atoms with E-state index in [0.717, 1.165) is 48.1 Å². The van der Waals surface area contributed by atoms with Gasteiger partial charge in [0, 0.05) is 19.5 Å². The van der Waals surface area contributed by atoms with E-state index in [1.54, 1.807) is 0 Å². The van der Waals surface area contributed by atoms with E-state index < -0.39 is 6.04 Å². The van der Waals surface area contributed by atoms with Crippen LogP contribution in [-0.2, 0) is 17.8 Å². The molecule has 0 unspecified atom stereocenters. The van der Waals surface area contributed by atoms with Gasteiger partial charge in [0.2, 0.25) is 11.5 Å². The SMILES string of the molecule is Cc1ccc(C[C@@H](C(=O)N2CCCCC2)n2c(=N)n(Cc3ccc(C)cc3)c3ccccc32)cc1. The lowest BCUT2D eigenvalue weighted by molar-refractivity contribution is -0.135. The molecule has 1 atom stereocenters. The third kappa shape index (κ3) is 4.81. The van der Waals surface area contributed by atoms with Crippen LogP contribution in [0.3, 0.4) is 0 Å². The molecule has 4 aromatic rings. The molecular formula is C30H34N4O. The third-order valence-corrected chi connectivity index (χ3v) is 7.19. The van der Waals surface area contributed by atoms with Crippen LogP contribution in [0.5, 0.6) is 0 Å². The largest absolute Gasteiger partial charge is 0.341 e. The van der Waals surface area contributed by atoms with Crippen molar-refractivity contribution in [1.82, 2.24) is 14.0 Å². The number of aryl methyl sites for hydroxylation is 2. The Morgan fingerprint density at radius 3 is 2.00 bits per heavy atom.